The van der Waals surface area contributed by atoms with Gasteiger partial charge in [0.25, 0.3) is 5.91 Å². The number of carbonyl (C=O) groups is 1. The van der Waals surface area contributed by atoms with Crippen molar-refractivity contribution in [1.82, 2.24) is 5.16 Å². The van der Waals surface area contributed by atoms with E-state index in [1.54, 1.807) is 31.2 Å². The van der Waals surface area contributed by atoms with Gasteiger partial charge in [-0.3, -0.25) is 4.79 Å². The third-order valence-corrected chi connectivity index (χ3v) is 4.39. The van der Waals surface area contributed by atoms with Crippen molar-refractivity contribution in [3.05, 3.63) is 77.1 Å². The van der Waals surface area contributed by atoms with E-state index in [-0.39, 0.29) is 17.5 Å². The molecule has 7 nitrogen and oxygen atoms in total. The molecule has 3 rings (SSSR count). The predicted octanol–water partition coefficient (Wildman–Crippen LogP) is 5.07. The number of amides is 1. The molecule has 1 heterocycles. The Labute approximate surface area is 180 Å². The van der Waals surface area contributed by atoms with Crippen LogP contribution >= 0.6 is 0 Å². The zero-order chi connectivity index (χ0) is 22.2. The van der Waals surface area contributed by atoms with Crippen molar-refractivity contribution in [3.8, 4) is 17.6 Å². The summed E-state index contributed by atoms with van der Waals surface area (Å²) < 4.78 is 16.7. The Morgan fingerprint density at radius 2 is 2.00 bits per heavy atom. The van der Waals surface area contributed by atoms with Crippen LogP contribution in [0.15, 0.2) is 64.7 Å². The van der Waals surface area contributed by atoms with Gasteiger partial charge in [0.05, 0.1) is 6.61 Å². The van der Waals surface area contributed by atoms with Gasteiger partial charge in [-0.2, -0.15) is 5.26 Å². The first kappa shape index (κ1) is 21.7. The SMILES string of the molecule is CCOc1cc(/C=C(/C#N)C(=O)Nc2cc(C)on2)ccc1OC(C)c1ccccc1. The van der Waals surface area contributed by atoms with Crippen LogP contribution in [0, 0.1) is 18.3 Å². The van der Waals surface area contributed by atoms with Crippen LogP contribution in [0.4, 0.5) is 5.82 Å². The highest BCUT2D eigenvalue weighted by Crippen LogP contribution is 2.33. The Kier molecular flexibility index (Phi) is 7.07. The molecule has 0 bridgehead atoms. The van der Waals surface area contributed by atoms with Gasteiger partial charge in [0.2, 0.25) is 0 Å². The zero-order valence-electron chi connectivity index (χ0n) is 17.6. The maximum atomic E-state index is 12.4. The summed E-state index contributed by atoms with van der Waals surface area (Å²) >= 11 is 0. The third-order valence-electron chi connectivity index (χ3n) is 4.39. The number of carbonyl (C=O) groups excluding carboxylic acids is 1. The number of hydrogen-bond donors (Lipinski definition) is 1. The summed E-state index contributed by atoms with van der Waals surface area (Å²) in [5.74, 6) is 1.34. The number of aryl methyl sites for hydroxylation is 1. The molecule has 1 amide bonds. The first-order valence-electron chi connectivity index (χ1n) is 9.85. The minimum absolute atomic E-state index is 0.0746. The fourth-order valence-electron chi connectivity index (χ4n) is 2.89. The zero-order valence-corrected chi connectivity index (χ0v) is 17.6. The number of anilines is 1. The molecule has 0 radical (unpaired) electrons. The quantitative estimate of drug-likeness (QED) is 0.406. The number of rotatable bonds is 8. The molecule has 1 atom stereocenters. The highest BCUT2D eigenvalue weighted by atomic mass is 16.5. The molecule has 0 aliphatic heterocycles. The van der Waals surface area contributed by atoms with E-state index in [4.69, 9.17) is 14.0 Å². The molecule has 31 heavy (non-hydrogen) atoms. The molecule has 1 unspecified atom stereocenters. The van der Waals surface area contributed by atoms with E-state index in [9.17, 15) is 10.1 Å². The molecule has 158 valence electrons. The van der Waals surface area contributed by atoms with Crippen molar-refractivity contribution >= 4 is 17.8 Å². The van der Waals surface area contributed by atoms with Crippen LogP contribution in [0.2, 0.25) is 0 Å². The van der Waals surface area contributed by atoms with Crippen molar-refractivity contribution in [2.24, 2.45) is 0 Å². The highest BCUT2D eigenvalue weighted by molar-refractivity contribution is 6.09. The van der Waals surface area contributed by atoms with Crippen LogP contribution in [0.1, 0.15) is 36.8 Å². The van der Waals surface area contributed by atoms with E-state index in [2.05, 4.69) is 10.5 Å². The summed E-state index contributed by atoms with van der Waals surface area (Å²) in [4.78, 5) is 12.4. The van der Waals surface area contributed by atoms with Crippen LogP contribution < -0.4 is 14.8 Å². The molecule has 0 fully saturated rings. The Hall–Kier alpha value is -4.05. The summed E-state index contributed by atoms with van der Waals surface area (Å²) in [6, 6.07) is 18.6. The summed E-state index contributed by atoms with van der Waals surface area (Å²) in [7, 11) is 0. The number of nitriles is 1. The summed E-state index contributed by atoms with van der Waals surface area (Å²) in [5, 5.41) is 15.7. The molecule has 0 aliphatic carbocycles. The molecule has 1 aromatic heterocycles. The van der Waals surface area contributed by atoms with Gasteiger partial charge in [0.1, 0.15) is 23.5 Å². The molecule has 2 aromatic carbocycles. The van der Waals surface area contributed by atoms with Gasteiger partial charge in [0, 0.05) is 6.07 Å². The van der Waals surface area contributed by atoms with Gasteiger partial charge < -0.3 is 19.3 Å². The average molecular weight is 417 g/mol. The smallest absolute Gasteiger partial charge is 0.267 e. The summed E-state index contributed by atoms with van der Waals surface area (Å²) in [5.41, 5.74) is 1.60. The van der Waals surface area contributed by atoms with Gasteiger partial charge in [-0.25, -0.2) is 0 Å². The number of nitrogens with one attached hydrogen (secondary N) is 1. The van der Waals surface area contributed by atoms with Crippen LogP contribution in [0.25, 0.3) is 6.08 Å². The van der Waals surface area contributed by atoms with E-state index in [1.165, 1.54) is 6.08 Å². The van der Waals surface area contributed by atoms with E-state index < -0.39 is 5.91 Å². The Morgan fingerprint density at radius 3 is 2.65 bits per heavy atom. The second-order valence-corrected chi connectivity index (χ2v) is 6.76. The van der Waals surface area contributed by atoms with Gasteiger partial charge in [-0.1, -0.05) is 41.6 Å². The fraction of sp³-hybridized carbons (Fsp3) is 0.208. The lowest BCUT2D eigenvalue weighted by Crippen LogP contribution is -2.13. The Balaban J connectivity index is 1.81. The summed E-state index contributed by atoms with van der Waals surface area (Å²) in [6.07, 6.45) is 1.31. The first-order chi connectivity index (χ1) is 15.0. The molecule has 3 aromatic rings. The van der Waals surface area contributed by atoms with Crippen LogP contribution in [-0.4, -0.2) is 17.7 Å². The second kappa shape index (κ2) is 10.1. The van der Waals surface area contributed by atoms with Crippen LogP contribution in [-0.2, 0) is 4.79 Å². The number of aromatic nitrogens is 1. The molecular weight excluding hydrogens is 394 g/mol. The minimum Gasteiger partial charge on any atom is -0.490 e. The van der Waals surface area contributed by atoms with Gasteiger partial charge in [-0.05, 0) is 50.1 Å². The maximum Gasteiger partial charge on any atom is 0.267 e. The number of benzene rings is 2. The lowest BCUT2D eigenvalue weighted by Gasteiger charge is -2.18. The average Bonchev–Trinajstić information content (AvgIpc) is 3.18. The number of nitrogens with zero attached hydrogens (tertiary/aromatic N) is 2. The van der Waals surface area contributed by atoms with E-state index in [0.29, 0.717) is 29.4 Å². The normalized spacial score (nSPS) is 12.0. The standard InChI is InChI=1S/C24H23N3O4/c1-4-29-22-14-18(10-11-21(22)30-17(3)19-8-6-5-7-9-19)13-20(15-25)24(28)26-23-12-16(2)31-27-23/h5-14,17H,4H2,1-3H3,(H,26,27,28)/b20-13-. The van der Waals surface area contributed by atoms with E-state index in [1.807, 2.05) is 50.2 Å². The molecule has 0 saturated heterocycles. The van der Waals surface area contributed by atoms with E-state index >= 15 is 0 Å². The van der Waals surface area contributed by atoms with Crippen molar-refractivity contribution in [1.29, 1.82) is 5.26 Å². The lowest BCUT2D eigenvalue weighted by atomic mass is 10.1. The number of hydrogen-bond acceptors (Lipinski definition) is 6. The Bertz CT molecular complexity index is 1110. The molecular formula is C24H23N3O4. The highest BCUT2D eigenvalue weighted by Gasteiger charge is 2.15. The number of ether oxygens (including phenoxy) is 2. The van der Waals surface area contributed by atoms with Crippen molar-refractivity contribution in [3.63, 3.8) is 0 Å². The van der Waals surface area contributed by atoms with Crippen molar-refractivity contribution < 1.29 is 18.8 Å². The minimum atomic E-state index is -0.577. The van der Waals surface area contributed by atoms with Crippen LogP contribution in [0.5, 0.6) is 11.5 Å². The monoisotopic (exact) mass is 417 g/mol. The van der Waals surface area contributed by atoms with Crippen LogP contribution in [0.3, 0.4) is 0 Å². The predicted molar refractivity (Wildman–Crippen MR) is 117 cm³/mol. The molecule has 1 N–H and O–H groups in total. The maximum absolute atomic E-state index is 12.4. The van der Waals surface area contributed by atoms with Crippen molar-refractivity contribution in [2.45, 2.75) is 26.9 Å². The molecule has 0 aliphatic rings. The van der Waals surface area contributed by atoms with Crippen molar-refractivity contribution in [2.75, 3.05) is 11.9 Å². The second-order valence-electron chi connectivity index (χ2n) is 6.76. The van der Waals surface area contributed by atoms with Gasteiger partial charge >= 0.3 is 0 Å². The van der Waals surface area contributed by atoms with E-state index in [0.717, 1.165) is 5.56 Å². The van der Waals surface area contributed by atoms with Gasteiger partial charge in [0.15, 0.2) is 17.3 Å². The summed E-state index contributed by atoms with van der Waals surface area (Å²) in [6.45, 7) is 5.99. The molecule has 0 spiro atoms. The topological polar surface area (TPSA) is 97.4 Å². The molecule has 0 saturated carbocycles. The first-order valence-corrected chi connectivity index (χ1v) is 9.85. The lowest BCUT2D eigenvalue weighted by molar-refractivity contribution is -0.112. The molecule has 7 heteroatoms. The Morgan fingerprint density at radius 1 is 1.23 bits per heavy atom. The third kappa shape index (κ3) is 5.73. The van der Waals surface area contributed by atoms with Gasteiger partial charge in [-0.15, -0.1) is 0 Å². The largest absolute Gasteiger partial charge is 0.490 e. The fourth-order valence-corrected chi connectivity index (χ4v) is 2.89.